The van der Waals surface area contributed by atoms with Gasteiger partial charge in [0.2, 0.25) is 11.8 Å². The summed E-state index contributed by atoms with van der Waals surface area (Å²) in [7, 11) is 0. The number of thiazole rings is 1. The molecule has 2 N–H and O–H groups in total. The minimum absolute atomic E-state index is 0.0388. The summed E-state index contributed by atoms with van der Waals surface area (Å²) < 4.78 is 6.10. The fourth-order valence-electron chi connectivity index (χ4n) is 7.14. The Bertz CT molecular complexity index is 1500. The molecule has 2 aliphatic carbocycles. The van der Waals surface area contributed by atoms with Crippen LogP contribution in [0.2, 0.25) is 0 Å². The third-order valence-electron chi connectivity index (χ3n) is 8.30. The number of likely N-dealkylation sites (tertiary alicyclic amines) is 1. The molecule has 37 heavy (non-hydrogen) atoms. The van der Waals surface area contributed by atoms with Crippen molar-refractivity contribution in [2.24, 2.45) is 29.6 Å². The average Bonchev–Trinajstić information content (AvgIpc) is 3.60. The minimum Gasteiger partial charge on any atom is -0.480 e. The molecule has 3 fully saturated rings. The Morgan fingerprint density at radius 1 is 1.00 bits per heavy atom. The van der Waals surface area contributed by atoms with Gasteiger partial charge in [0.05, 0.1) is 16.9 Å². The van der Waals surface area contributed by atoms with Crippen molar-refractivity contribution < 1.29 is 24.2 Å². The standard InChI is InChI=1S/C27H22N2O6S2/c30-17(31)11-29-25(32)20-15-10-16(21(20)26(29)33)22-19(15)18(23-24(36-22)28-27(34)37-23)12-5-4-8-14(9-12)35-13-6-2-1-3-7-13/h1-9,15-16,18-22H,10-11H2,(H,28,34)(H,30,31)/t15-,16-,18-,19+,20+,21-,22-/m1/s1. The van der Waals surface area contributed by atoms with E-state index in [4.69, 9.17) is 4.74 Å². The number of fused-ring (bicyclic) bond motifs is 9. The van der Waals surface area contributed by atoms with E-state index in [1.807, 2.05) is 54.6 Å². The lowest BCUT2D eigenvalue weighted by Gasteiger charge is -2.43. The van der Waals surface area contributed by atoms with Crippen LogP contribution < -0.4 is 9.61 Å². The van der Waals surface area contributed by atoms with Gasteiger partial charge in [-0.05, 0) is 54.0 Å². The molecule has 3 heterocycles. The lowest BCUT2D eigenvalue weighted by Crippen LogP contribution is -2.42. The number of thioether (sulfide) groups is 1. The number of carboxylic acid groups (broad SMARTS) is 1. The van der Waals surface area contributed by atoms with Crippen LogP contribution in [-0.4, -0.2) is 44.6 Å². The number of aromatic amines is 1. The van der Waals surface area contributed by atoms with Crippen molar-refractivity contribution in [2.75, 3.05) is 6.54 Å². The molecular weight excluding hydrogens is 512 g/mol. The molecule has 2 aromatic carbocycles. The van der Waals surface area contributed by atoms with Gasteiger partial charge in [0.1, 0.15) is 18.0 Å². The molecule has 2 amide bonds. The van der Waals surface area contributed by atoms with Gasteiger partial charge in [-0.1, -0.05) is 41.7 Å². The molecule has 8 nitrogen and oxygen atoms in total. The number of aliphatic carboxylic acids is 1. The van der Waals surface area contributed by atoms with Gasteiger partial charge in [-0.15, -0.1) is 11.8 Å². The number of para-hydroxylation sites is 1. The van der Waals surface area contributed by atoms with Gasteiger partial charge >= 0.3 is 10.8 Å². The normalized spacial score (nSPS) is 31.2. The minimum atomic E-state index is -1.19. The van der Waals surface area contributed by atoms with E-state index in [2.05, 4.69) is 4.98 Å². The smallest absolute Gasteiger partial charge is 0.323 e. The highest BCUT2D eigenvalue weighted by Crippen LogP contribution is 2.68. The first-order chi connectivity index (χ1) is 17.9. The van der Waals surface area contributed by atoms with Crippen LogP contribution in [-0.2, 0) is 14.4 Å². The number of ether oxygens (including phenoxy) is 1. The summed E-state index contributed by atoms with van der Waals surface area (Å²) in [6, 6.07) is 17.4. The maximum atomic E-state index is 13.3. The third kappa shape index (κ3) is 3.42. The maximum Gasteiger partial charge on any atom is 0.323 e. The number of benzene rings is 2. The zero-order chi connectivity index (χ0) is 25.4. The van der Waals surface area contributed by atoms with E-state index in [0.717, 1.165) is 32.5 Å². The Kier molecular flexibility index (Phi) is 5.13. The molecule has 0 unspecified atom stereocenters. The lowest BCUT2D eigenvalue weighted by atomic mass is 9.68. The molecule has 1 aromatic heterocycles. The van der Waals surface area contributed by atoms with Gasteiger partial charge in [-0.25, -0.2) is 0 Å². The molecule has 0 spiro atoms. The van der Waals surface area contributed by atoms with E-state index < -0.39 is 24.3 Å². The lowest BCUT2D eigenvalue weighted by molar-refractivity contribution is -0.149. The number of nitrogens with zero attached hydrogens (tertiary/aromatic N) is 1. The molecule has 7 atom stereocenters. The Morgan fingerprint density at radius 2 is 1.73 bits per heavy atom. The first kappa shape index (κ1) is 22.8. The largest absolute Gasteiger partial charge is 0.480 e. The van der Waals surface area contributed by atoms with Crippen molar-refractivity contribution in [3.05, 3.63) is 74.7 Å². The summed E-state index contributed by atoms with van der Waals surface area (Å²) in [6.07, 6.45) is 0.756. The third-order valence-corrected chi connectivity index (χ3v) is 10.9. The molecular formula is C27H22N2O6S2. The molecule has 3 aromatic rings. The number of amides is 2. The van der Waals surface area contributed by atoms with E-state index >= 15 is 0 Å². The summed E-state index contributed by atoms with van der Waals surface area (Å²) in [4.78, 5) is 55.0. The number of H-pyrrole nitrogens is 1. The van der Waals surface area contributed by atoms with Crippen molar-refractivity contribution in [2.45, 2.75) is 22.6 Å². The molecule has 10 heteroatoms. The van der Waals surface area contributed by atoms with Crippen LogP contribution in [0, 0.1) is 29.6 Å². The highest BCUT2D eigenvalue weighted by Gasteiger charge is 2.69. The second kappa shape index (κ2) is 8.32. The second-order valence-corrected chi connectivity index (χ2v) is 12.3. The molecule has 1 saturated heterocycles. The van der Waals surface area contributed by atoms with Crippen LogP contribution in [0.3, 0.4) is 0 Å². The quantitative estimate of drug-likeness (QED) is 0.479. The number of imide groups is 1. The fraction of sp³-hybridized carbons (Fsp3) is 0.333. The number of aromatic nitrogens is 1. The van der Waals surface area contributed by atoms with Crippen LogP contribution in [0.1, 0.15) is 22.8 Å². The molecule has 7 rings (SSSR count). The second-order valence-electron chi connectivity index (χ2n) is 10.1. The van der Waals surface area contributed by atoms with Crippen LogP contribution in [0.25, 0.3) is 0 Å². The summed E-state index contributed by atoms with van der Waals surface area (Å²) in [5, 5.41) is 10.2. The Labute approximate surface area is 219 Å². The van der Waals surface area contributed by atoms with Crippen LogP contribution in [0.4, 0.5) is 0 Å². The van der Waals surface area contributed by atoms with Crippen LogP contribution >= 0.6 is 23.1 Å². The van der Waals surface area contributed by atoms with Crippen molar-refractivity contribution in [1.82, 2.24) is 9.88 Å². The number of carboxylic acids is 1. The van der Waals surface area contributed by atoms with Gasteiger partial charge in [0.15, 0.2) is 0 Å². The fourth-order valence-corrected chi connectivity index (χ4v) is 10.0. The average molecular weight is 535 g/mol. The molecule has 2 aliphatic heterocycles. The predicted molar refractivity (Wildman–Crippen MR) is 136 cm³/mol. The number of hydrogen-bond donors (Lipinski definition) is 2. The summed E-state index contributed by atoms with van der Waals surface area (Å²) in [5.41, 5.74) is 1.00. The molecule has 2 saturated carbocycles. The summed E-state index contributed by atoms with van der Waals surface area (Å²) in [6.45, 7) is -0.588. The zero-order valence-electron chi connectivity index (χ0n) is 19.4. The van der Waals surface area contributed by atoms with Gasteiger partial charge in [0, 0.05) is 16.0 Å². The first-order valence-corrected chi connectivity index (χ1v) is 13.9. The Morgan fingerprint density at radius 3 is 2.49 bits per heavy atom. The van der Waals surface area contributed by atoms with Gasteiger partial charge in [-0.2, -0.15) is 0 Å². The zero-order valence-corrected chi connectivity index (χ0v) is 21.0. The topological polar surface area (TPSA) is 117 Å². The number of carbonyl (C=O) groups excluding carboxylic acids is 2. The molecule has 2 bridgehead atoms. The van der Waals surface area contributed by atoms with E-state index in [9.17, 15) is 24.3 Å². The number of rotatable bonds is 5. The molecule has 188 valence electrons. The highest BCUT2D eigenvalue weighted by molar-refractivity contribution is 8.00. The first-order valence-electron chi connectivity index (χ1n) is 12.2. The van der Waals surface area contributed by atoms with E-state index in [1.165, 1.54) is 11.3 Å². The number of nitrogens with one attached hydrogen (secondary N) is 1. The van der Waals surface area contributed by atoms with E-state index in [1.54, 1.807) is 11.8 Å². The van der Waals surface area contributed by atoms with E-state index in [0.29, 0.717) is 5.75 Å². The Balaban J connectivity index is 1.29. The summed E-state index contributed by atoms with van der Waals surface area (Å²) >= 11 is 2.81. The van der Waals surface area contributed by atoms with Gasteiger partial charge in [-0.3, -0.25) is 24.1 Å². The van der Waals surface area contributed by atoms with Crippen molar-refractivity contribution in [3.8, 4) is 11.5 Å². The van der Waals surface area contributed by atoms with Crippen molar-refractivity contribution in [1.29, 1.82) is 0 Å². The van der Waals surface area contributed by atoms with Crippen LogP contribution in [0.5, 0.6) is 11.5 Å². The molecule has 0 radical (unpaired) electrons. The van der Waals surface area contributed by atoms with Gasteiger partial charge in [0.25, 0.3) is 0 Å². The monoisotopic (exact) mass is 534 g/mol. The van der Waals surface area contributed by atoms with Gasteiger partial charge < -0.3 is 14.8 Å². The Hall–Kier alpha value is -3.37. The van der Waals surface area contributed by atoms with Crippen molar-refractivity contribution >= 4 is 40.9 Å². The SMILES string of the molecule is O=C(O)CN1C(=O)[C@@H]2[C@H]3C[C@@H]([C@@H]2C1=O)[C@H]1[C@@H](c2cccc(Oc4ccccc4)c2)c2sc(=O)[nH]c2S[C@H]31. The predicted octanol–water partition coefficient (Wildman–Crippen LogP) is 3.79. The van der Waals surface area contributed by atoms with Crippen molar-refractivity contribution in [3.63, 3.8) is 0 Å². The summed E-state index contributed by atoms with van der Waals surface area (Å²) in [5.74, 6) is -1.66. The molecule has 4 aliphatic rings. The number of hydrogen-bond acceptors (Lipinski definition) is 7. The highest BCUT2D eigenvalue weighted by atomic mass is 32.2. The van der Waals surface area contributed by atoms with Crippen LogP contribution in [0.15, 0.2) is 64.4 Å². The number of carbonyl (C=O) groups is 3. The van der Waals surface area contributed by atoms with E-state index in [-0.39, 0.29) is 45.6 Å². The maximum absolute atomic E-state index is 13.3.